The van der Waals surface area contributed by atoms with Crippen LogP contribution >= 0.6 is 27.3 Å². The van der Waals surface area contributed by atoms with Crippen molar-refractivity contribution in [3.8, 4) is 5.75 Å². The molecule has 2 nitrogen and oxygen atoms in total. The Bertz CT molecular complexity index is 567. The maximum absolute atomic E-state index is 10.4. The van der Waals surface area contributed by atoms with Crippen LogP contribution in [0.25, 0.3) is 0 Å². The quantitative estimate of drug-likeness (QED) is 0.925. The molecule has 0 saturated carbocycles. The van der Waals surface area contributed by atoms with Gasteiger partial charge in [0.2, 0.25) is 0 Å². The van der Waals surface area contributed by atoms with Crippen molar-refractivity contribution in [3.63, 3.8) is 0 Å². The normalized spacial score (nSPS) is 19.6. The van der Waals surface area contributed by atoms with Crippen LogP contribution in [-0.2, 0) is 12.8 Å². The Morgan fingerprint density at radius 1 is 1.42 bits per heavy atom. The van der Waals surface area contributed by atoms with Crippen LogP contribution in [0.1, 0.15) is 10.4 Å². The van der Waals surface area contributed by atoms with Gasteiger partial charge in [0.15, 0.2) is 0 Å². The van der Waals surface area contributed by atoms with Gasteiger partial charge in [-0.1, -0.05) is 18.2 Å². The van der Waals surface area contributed by atoms with Crippen molar-refractivity contribution in [2.24, 2.45) is 5.92 Å². The third-order valence-electron chi connectivity index (χ3n) is 3.48. The first-order valence-electron chi connectivity index (χ1n) is 6.34. The van der Waals surface area contributed by atoms with Crippen molar-refractivity contribution < 1.29 is 9.84 Å². The van der Waals surface area contributed by atoms with Crippen molar-refractivity contribution in [1.29, 1.82) is 0 Å². The van der Waals surface area contributed by atoms with Gasteiger partial charge in [0, 0.05) is 27.1 Å². The molecule has 2 unspecified atom stereocenters. The van der Waals surface area contributed by atoms with Gasteiger partial charge in [0.1, 0.15) is 5.75 Å². The Balaban J connectivity index is 1.67. The fraction of sp³-hybridized carbons (Fsp3) is 0.333. The van der Waals surface area contributed by atoms with Crippen LogP contribution in [0.2, 0.25) is 0 Å². The van der Waals surface area contributed by atoms with E-state index in [0.29, 0.717) is 13.0 Å². The molecule has 1 aliphatic rings. The van der Waals surface area contributed by atoms with Crippen LogP contribution in [0.15, 0.2) is 40.2 Å². The highest BCUT2D eigenvalue weighted by atomic mass is 79.9. The summed E-state index contributed by atoms with van der Waals surface area (Å²) in [6, 6.07) is 10.2. The molecule has 3 rings (SSSR count). The highest BCUT2D eigenvalue weighted by Gasteiger charge is 2.26. The molecule has 0 bridgehead atoms. The molecule has 0 aliphatic carbocycles. The van der Waals surface area contributed by atoms with Gasteiger partial charge in [-0.15, -0.1) is 11.3 Å². The third-order valence-corrected chi connectivity index (χ3v) is 5.20. The topological polar surface area (TPSA) is 29.5 Å². The number of aliphatic hydroxyl groups is 1. The number of fused-ring (bicyclic) bond motifs is 1. The molecular weight excluding hydrogens is 324 g/mol. The Kier molecular flexibility index (Phi) is 3.91. The molecule has 1 aromatic heterocycles. The third kappa shape index (κ3) is 3.02. The Morgan fingerprint density at radius 3 is 3.05 bits per heavy atom. The minimum absolute atomic E-state index is 0.177. The zero-order valence-corrected chi connectivity index (χ0v) is 12.8. The summed E-state index contributed by atoms with van der Waals surface area (Å²) >= 11 is 5.12. The number of hydrogen-bond acceptors (Lipinski definition) is 3. The number of thiophene rings is 1. The van der Waals surface area contributed by atoms with Gasteiger partial charge in [-0.2, -0.15) is 0 Å². The Labute approximate surface area is 125 Å². The molecular formula is C15H15BrO2S. The molecule has 100 valence electrons. The lowest BCUT2D eigenvalue weighted by Gasteiger charge is -2.28. The van der Waals surface area contributed by atoms with E-state index in [1.807, 2.05) is 18.2 Å². The van der Waals surface area contributed by atoms with Gasteiger partial charge in [-0.05, 0) is 40.0 Å². The number of rotatable bonds is 3. The molecule has 2 atom stereocenters. The zero-order valence-electron chi connectivity index (χ0n) is 10.4. The van der Waals surface area contributed by atoms with Crippen LogP contribution in [0.5, 0.6) is 5.75 Å². The molecule has 0 spiro atoms. The van der Waals surface area contributed by atoms with E-state index in [1.165, 1.54) is 10.4 Å². The number of benzene rings is 1. The molecule has 1 aromatic carbocycles. The molecule has 0 fully saturated rings. The summed E-state index contributed by atoms with van der Waals surface area (Å²) in [6.45, 7) is 0.602. The van der Waals surface area contributed by atoms with E-state index in [1.54, 1.807) is 11.3 Å². The maximum Gasteiger partial charge on any atom is 0.122 e. The number of halogens is 1. The Hall–Kier alpha value is -0.840. The SMILES string of the molecule is OC(Cc1cc(Br)cs1)C1COc2ccccc2C1. The van der Waals surface area contributed by atoms with E-state index in [2.05, 4.69) is 33.4 Å². The summed E-state index contributed by atoms with van der Waals surface area (Å²) in [4.78, 5) is 1.21. The molecule has 0 radical (unpaired) electrons. The highest BCUT2D eigenvalue weighted by molar-refractivity contribution is 9.10. The smallest absolute Gasteiger partial charge is 0.122 e. The summed E-state index contributed by atoms with van der Waals surface area (Å²) in [7, 11) is 0. The van der Waals surface area contributed by atoms with E-state index in [9.17, 15) is 5.11 Å². The fourth-order valence-electron chi connectivity index (χ4n) is 2.43. The van der Waals surface area contributed by atoms with Crippen molar-refractivity contribution >= 4 is 27.3 Å². The van der Waals surface area contributed by atoms with E-state index >= 15 is 0 Å². The van der Waals surface area contributed by atoms with E-state index in [4.69, 9.17) is 4.74 Å². The lowest BCUT2D eigenvalue weighted by atomic mass is 9.90. The van der Waals surface area contributed by atoms with Crippen molar-refractivity contribution in [1.82, 2.24) is 0 Å². The molecule has 1 N–H and O–H groups in total. The van der Waals surface area contributed by atoms with Crippen LogP contribution in [-0.4, -0.2) is 17.8 Å². The minimum Gasteiger partial charge on any atom is -0.493 e. The molecule has 0 saturated heterocycles. The summed E-state index contributed by atoms with van der Waals surface area (Å²) in [5.74, 6) is 1.14. The molecule has 19 heavy (non-hydrogen) atoms. The van der Waals surface area contributed by atoms with Crippen molar-refractivity contribution in [2.75, 3.05) is 6.61 Å². The molecule has 4 heteroatoms. The average molecular weight is 339 g/mol. The minimum atomic E-state index is -0.348. The first kappa shape index (κ1) is 13.2. The summed E-state index contributed by atoms with van der Waals surface area (Å²) < 4.78 is 6.82. The maximum atomic E-state index is 10.4. The lowest BCUT2D eigenvalue weighted by Crippen LogP contribution is -2.32. The first-order valence-corrected chi connectivity index (χ1v) is 8.01. The largest absolute Gasteiger partial charge is 0.493 e. The highest BCUT2D eigenvalue weighted by Crippen LogP contribution is 2.30. The summed E-state index contributed by atoms with van der Waals surface area (Å²) in [5, 5.41) is 12.4. The fourth-order valence-corrected chi connectivity index (χ4v) is 3.93. The standard InChI is InChI=1S/C15H15BrO2S/c16-12-6-13(19-9-12)7-14(17)11-5-10-3-1-2-4-15(10)18-8-11/h1-4,6,9,11,14,17H,5,7-8H2. The lowest BCUT2D eigenvalue weighted by molar-refractivity contribution is 0.0658. The van der Waals surface area contributed by atoms with Crippen molar-refractivity contribution in [2.45, 2.75) is 18.9 Å². The van der Waals surface area contributed by atoms with Crippen LogP contribution < -0.4 is 4.74 Å². The number of hydrogen-bond donors (Lipinski definition) is 1. The van der Waals surface area contributed by atoms with Gasteiger partial charge < -0.3 is 9.84 Å². The molecule has 0 amide bonds. The van der Waals surface area contributed by atoms with E-state index in [-0.39, 0.29) is 12.0 Å². The van der Waals surface area contributed by atoms with Gasteiger partial charge in [-0.3, -0.25) is 0 Å². The second-order valence-electron chi connectivity index (χ2n) is 4.89. The van der Waals surface area contributed by atoms with Crippen LogP contribution in [0, 0.1) is 5.92 Å². The van der Waals surface area contributed by atoms with Crippen LogP contribution in [0.3, 0.4) is 0 Å². The second-order valence-corrected chi connectivity index (χ2v) is 6.80. The first-order chi connectivity index (χ1) is 9.22. The monoisotopic (exact) mass is 338 g/mol. The molecule has 2 heterocycles. The van der Waals surface area contributed by atoms with Gasteiger partial charge in [0.25, 0.3) is 0 Å². The van der Waals surface area contributed by atoms with Gasteiger partial charge in [-0.25, -0.2) is 0 Å². The van der Waals surface area contributed by atoms with Crippen LogP contribution in [0.4, 0.5) is 0 Å². The zero-order chi connectivity index (χ0) is 13.2. The van der Waals surface area contributed by atoms with Gasteiger partial charge in [0.05, 0.1) is 12.7 Å². The van der Waals surface area contributed by atoms with E-state index in [0.717, 1.165) is 16.6 Å². The molecule has 1 aliphatic heterocycles. The predicted molar refractivity (Wildman–Crippen MR) is 80.9 cm³/mol. The number of para-hydroxylation sites is 1. The molecule has 2 aromatic rings. The number of aliphatic hydroxyl groups excluding tert-OH is 1. The van der Waals surface area contributed by atoms with E-state index < -0.39 is 0 Å². The van der Waals surface area contributed by atoms with Gasteiger partial charge >= 0.3 is 0 Å². The summed E-state index contributed by atoms with van der Waals surface area (Å²) in [5.41, 5.74) is 1.20. The second kappa shape index (κ2) is 5.65. The predicted octanol–water partition coefficient (Wildman–Crippen LogP) is 3.67. The number of ether oxygens (including phenoxy) is 1. The average Bonchev–Trinajstić information content (AvgIpc) is 2.83. The Morgan fingerprint density at radius 2 is 2.26 bits per heavy atom. The summed E-state index contributed by atoms with van der Waals surface area (Å²) in [6.07, 6.45) is 1.25. The van der Waals surface area contributed by atoms with Crippen molar-refractivity contribution in [3.05, 3.63) is 50.6 Å².